The maximum atomic E-state index is 12.6. The maximum Gasteiger partial charge on any atom is 0.265 e. The van der Waals surface area contributed by atoms with Crippen molar-refractivity contribution < 1.29 is 9.59 Å². The van der Waals surface area contributed by atoms with Crippen molar-refractivity contribution >= 4 is 23.2 Å². The Labute approximate surface area is 132 Å². The number of carbonyl (C=O) groups excluding carboxylic acids is 2. The van der Waals surface area contributed by atoms with E-state index in [0.29, 0.717) is 30.1 Å². The van der Waals surface area contributed by atoms with Gasteiger partial charge in [-0.3, -0.25) is 14.6 Å². The first-order valence-corrected chi connectivity index (χ1v) is 7.85. The lowest BCUT2D eigenvalue weighted by molar-refractivity contribution is -0.121. The first-order valence-electron chi connectivity index (χ1n) is 7.03. The highest BCUT2D eigenvalue weighted by Gasteiger charge is 2.31. The molecule has 0 aromatic carbocycles. The molecule has 2 N–H and O–H groups in total. The lowest BCUT2D eigenvalue weighted by Gasteiger charge is -2.14. The number of carbonyl (C=O) groups is 2. The molecule has 1 fully saturated rings. The van der Waals surface area contributed by atoms with Crippen LogP contribution >= 0.6 is 11.3 Å². The van der Waals surface area contributed by atoms with Gasteiger partial charge in [0.05, 0.1) is 17.3 Å². The fourth-order valence-corrected chi connectivity index (χ4v) is 3.53. The number of likely N-dealkylation sites (tertiary alicyclic amines) is 1. The van der Waals surface area contributed by atoms with Crippen LogP contribution in [0, 0.1) is 12.8 Å². The van der Waals surface area contributed by atoms with Gasteiger partial charge in [0.2, 0.25) is 5.91 Å². The monoisotopic (exact) mass is 316 g/mol. The molecule has 0 radical (unpaired) electrons. The summed E-state index contributed by atoms with van der Waals surface area (Å²) in [5.41, 5.74) is 6.76. The number of thiazole rings is 1. The van der Waals surface area contributed by atoms with Crippen molar-refractivity contribution in [1.29, 1.82) is 0 Å². The molecule has 0 aliphatic carbocycles. The molecular weight excluding hydrogens is 300 g/mol. The van der Waals surface area contributed by atoms with E-state index in [1.807, 2.05) is 25.1 Å². The minimum Gasteiger partial charge on any atom is -0.369 e. The minimum absolute atomic E-state index is 0.0825. The smallest absolute Gasteiger partial charge is 0.265 e. The number of hydrogen-bond acceptors (Lipinski definition) is 5. The third-order valence-electron chi connectivity index (χ3n) is 3.75. The number of rotatable bonds is 3. The summed E-state index contributed by atoms with van der Waals surface area (Å²) in [4.78, 5) is 34.8. The molecule has 1 saturated heterocycles. The van der Waals surface area contributed by atoms with Crippen LogP contribution < -0.4 is 5.73 Å². The zero-order valence-electron chi connectivity index (χ0n) is 12.2. The van der Waals surface area contributed by atoms with Crippen molar-refractivity contribution in [2.75, 3.05) is 13.1 Å². The van der Waals surface area contributed by atoms with Crippen molar-refractivity contribution in [2.24, 2.45) is 11.7 Å². The SMILES string of the molecule is Cc1nc(-c2ccccn2)sc1C(=O)N1CC[C@H](C(N)=O)C1. The van der Waals surface area contributed by atoms with Gasteiger partial charge in [0.15, 0.2) is 0 Å². The van der Waals surface area contributed by atoms with Crippen molar-refractivity contribution in [3.63, 3.8) is 0 Å². The number of primary amides is 1. The number of amides is 2. The third kappa shape index (κ3) is 2.71. The molecule has 7 heteroatoms. The fraction of sp³-hybridized carbons (Fsp3) is 0.333. The standard InChI is InChI=1S/C15H16N4O2S/c1-9-12(15(21)19-7-5-10(8-19)13(16)20)22-14(18-9)11-4-2-3-6-17-11/h2-4,6,10H,5,7-8H2,1H3,(H2,16,20)/t10-/m0/s1. The normalized spacial score (nSPS) is 17.7. The van der Waals surface area contributed by atoms with Gasteiger partial charge >= 0.3 is 0 Å². The van der Waals surface area contributed by atoms with Crippen LogP contribution in [-0.4, -0.2) is 39.8 Å². The van der Waals surface area contributed by atoms with E-state index in [1.54, 1.807) is 11.1 Å². The van der Waals surface area contributed by atoms with Gasteiger partial charge < -0.3 is 10.6 Å². The van der Waals surface area contributed by atoms with Crippen LogP contribution in [0.4, 0.5) is 0 Å². The van der Waals surface area contributed by atoms with E-state index in [2.05, 4.69) is 9.97 Å². The lowest BCUT2D eigenvalue weighted by Crippen LogP contribution is -2.31. The van der Waals surface area contributed by atoms with Crippen molar-refractivity contribution in [3.8, 4) is 10.7 Å². The Kier molecular flexibility index (Phi) is 3.89. The summed E-state index contributed by atoms with van der Waals surface area (Å²) in [6, 6.07) is 5.59. The van der Waals surface area contributed by atoms with E-state index in [4.69, 9.17) is 5.73 Å². The Bertz CT molecular complexity index is 714. The molecule has 6 nitrogen and oxygen atoms in total. The number of aromatic nitrogens is 2. The Hall–Kier alpha value is -2.28. The van der Waals surface area contributed by atoms with Gasteiger partial charge in [-0.25, -0.2) is 4.98 Å². The fourth-order valence-electron chi connectivity index (χ4n) is 2.51. The van der Waals surface area contributed by atoms with Crippen LogP contribution in [0.3, 0.4) is 0 Å². The van der Waals surface area contributed by atoms with Crippen LogP contribution in [0.15, 0.2) is 24.4 Å². The first-order chi connectivity index (χ1) is 10.6. The van der Waals surface area contributed by atoms with Gasteiger partial charge in [-0.05, 0) is 25.5 Å². The minimum atomic E-state index is -0.342. The van der Waals surface area contributed by atoms with E-state index < -0.39 is 0 Å². The van der Waals surface area contributed by atoms with E-state index in [0.717, 1.165) is 10.7 Å². The number of nitrogens with two attached hydrogens (primary N) is 1. The van der Waals surface area contributed by atoms with Crippen molar-refractivity contribution in [2.45, 2.75) is 13.3 Å². The molecule has 1 aliphatic rings. The van der Waals surface area contributed by atoms with E-state index in [9.17, 15) is 9.59 Å². The topological polar surface area (TPSA) is 89.2 Å². The summed E-state index contributed by atoms with van der Waals surface area (Å²) in [6.45, 7) is 2.77. The molecule has 3 heterocycles. The van der Waals surface area contributed by atoms with Gasteiger partial charge in [0.25, 0.3) is 5.91 Å². The zero-order valence-corrected chi connectivity index (χ0v) is 13.0. The summed E-state index contributed by atoms with van der Waals surface area (Å²) in [6.07, 6.45) is 2.33. The van der Waals surface area contributed by atoms with E-state index >= 15 is 0 Å². The molecule has 0 unspecified atom stereocenters. The third-order valence-corrected chi connectivity index (χ3v) is 4.92. The molecule has 1 aliphatic heterocycles. The number of hydrogen-bond donors (Lipinski definition) is 1. The lowest BCUT2D eigenvalue weighted by atomic mass is 10.1. The average Bonchev–Trinajstić information content (AvgIpc) is 3.14. The molecule has 1 atom stereocenters. The molecule has 0 saturated carbocycles. The molecule has 0 bridgehead atoms. The number of aryl methyl sites for hydroxylation is 1. The van der Waals surface area contributed by atoms with Gasteiger partial charge in [-0.1, -0.05) is 6.07 Å². The number of nitrogens with zero attached hydrogens (tertiary/aromatic N) is 3. The highest BCUT2D eigenvalue weighted by Crippen LogP contribution is 2.29. The van der Waals surface area contributed by atoms with E-state index in [1.165, 1.54) is 11.3 Å². The molecule has 2 amide bonds. The second-order valence-corrected chi connectivity index (χ2v) is 6.29. The molecule has 3 rings (SSSR count). The van der Waals surface area contributed by atoms with Crippen LogP contribution in [0.5, 0.6) is 0 Å². The number of pyridine rings is 1. The molecule has 114 valence electrons. The Morgan fingerprint density at radius 2 is 2.23 bits per heavy atom. The summed E-state index contributed by atoms with van der Waals surface area (Å²) < 4.78 is 0. The van der Waals surface area contributed by atoms with Gasteiger partial charge in [0, 0.05) is 19.3 Å². The summed E-state index contributed by atoms with van der Waals surface area (Å²) in [5.74, 6) is -0.668. The highest BCUT2D eigenvalue weighted by atomic mass is 32.1. The van der Waals surface area contributed by atoms with Crippen molar-refractivity contribution in [3.05, 3.63) is 35.0 Å². The van der Waals surface area contributed by atoms with Gasteiger partial charge in [-0.15, -0.1) is 11.3 Å². The molecular formula is C15H16N4O2S. The second kappa shape index (κ2) is 5.84. The summed E-state index contributed by atoms with van der Waals surface area (Å²) in [7, 11) is 0. The Morgan fingerprint density at radius 3 is 2.86 bits per heavy atom. The van der Waals surface area contributed by atoms with Crippen LogP contribution in [-0.2, 0) is 4.79 Å². The van der Waals surface area contributed by atoms with Gasteiger partial charge in [-0.2, -0.15) is 0 Å². The molecule has 2 aromatic rings. The molecule has 0 spiro atoms. The first kappa shape index (κ1) is 14.6. The largest absolute Gasteiger partial charge is 0.369 e. The summed E-state index contributed by atoms with van der Waals surface area (Å²) in [5, 5.41) is 0.729. The maximum absolute atomic E-state index is 12.6. The zero-order chi connectivity index (χ0) is 15.7. The Morgan fingerprint density at radius 1 is 1.41 bits per heavy atom. The van der Waals surface area contributed by atoms with Crippen molar-refractivity contribution in [1.82, 2.24) is 14.9 Å². The predicted octanol–water partition coefficient (Wildman–Crippen LogP) is 1.46. The highest BCUT2D eigenvalue weighted by molar-refractivity contribution is 7.17. The predicted molar refractivity (Wildman–Crippen MR) is 83.3 cm³/mol. The summed E-state index contributed by atoms with van der Waals surface area (Å²) >= 11 is 1.34. The van der Waals surface area contributed by atoms with Crippen LogP contribution in [0.25, 0.3) is 10.7 Å². The Balaban J connectivity index is 1.82. The average molecular weight is 316 g/mol. The second-order valence-electron chi connectivity index (χ2n) is 5.29. The molecule has 2 aromatic heterocycles. The van der Waals surface area contributed by atoms with Crippen LogP contribution in [0.2, 0.25) is 0 Å². The quantitative estimate of drug-likeness (QED) is 0.928. The van der Waals surface area contributed by atoms with Gasteiger partial charge in [0.1, 0.15) is 9.88 Å². The molecule has 22 heavy (non-hydrogen) atoms. The van der Waals surface area contributed by atoms with E-state index in [-0.39, 0.29) is 17.7 Å². The van der Waals surface area contributed by atoms with Crippen LogP contribution in [0.1, 0.15) is 21.8 Å².